The predicted octanol–water partition coefficient (Wildman–Crippen LogP) is 2.69. The molecule has 0 aliphatic heterocycles. The number of carbonyl (C=O) groups excluding carboxylic acids is 1. The minimum atomic E-state index is -0.622. The van der Waals surface area contributed by atoms with E-state index >= 15 is 0 Å². The van der Waals surface area contributed by atoms with Gasteiger partial charge in [-0.2, -0.15) is 0 Å². The summed E-state index contributed by atoms with van der Waals surface area (Å²) >= 11 is 2.70. The van der Waals surface area contributed by atoms with Crippen LogP contribution in [0.25, 0.3) is 10.2 Å². The highest BCUT2D eigenvalue weighted by Crippen LogP contribution is 2.41. The van der Waals surface area contributed by atoms with E-state index in [4.69, 9.17) is 5.73 Å². The highest BCUT2D eigenvalue weighted by molar-refractivity contribution is 8.00. The number of aromatic nitrogens is 1. The SMILES string of the molecule is NC(=O)c1c(SCc2ccccc2)sc2c(O)cc(=O)[nH]c12. The number of H-pyrrole nitrogens is 1. The maximum absolute atomic E-state index is 11.7. The number of thiophene rings is 1. The highest BCUT2D eigenvalue weighted by atomic mass is 32.2. The van der Waals surface area contributed by atoms with Gasteiger partial charge in [-0.15, -0.1) is 23.1 Å². The lowest BCUT2D eigenvalue weighted by molar-refractivity contribution is 0.0999. The molecule has 1 aromatic carbocycles. The third-order valence-electron chi connectivity index (χ3n) is 3.08. The molecule has 1 amide bonds. The zero-order chi connectivity index (χ0) is 15.7. The van der Waals surface area contributed by atoms with Crippen molar-refractivity contribution in [1.82, 2.24) is 4.98 Å². The summed E-state index contributed by atoms with van der Waals surface area (Å²) in [5.41, 5.74) is 6.65. The Bertz CT molecular complexity index is 900. The summed E-state index contributed by atoms with van der Waals surface area (Å²) in [6, 6.07) is 10.9. The molecule has 0 saturated carbocycles. The lowest BCUT2D eigenvalue weighted by Crippen LogP contribution is -2.13. The maximum Gasteiger partial charge on any atom is 0.252 e. The second-order valence-electron chi connectivity index (χ2n) is 4.63. The third kappa shape index (κ3) is 2.72. The van der Waals surface area contributed by atoms with Crippen LogP contribution >= 0.6 is 23.1 Å². The number of benzene rings is 1. The number of aromatic amines is 1. The Morgan fingerprint density at radius 3 is 2.73 bits per heavy atom. The summed E-state index contributed by atoms with van der Waals surface area (Å²) < 4.78 is 1.15. The first-order chi connectivity index (χ1) is 10.6. The minimum absolute atomic E-state index is 0.141. The summed E-state index contributed by atoms with van der Waals surface area (Å²) in [5.74, 6) is -0.0975. The van der Waals surface area contributed by atoms with E-state index in [9.17, 15) is 14.7 Å². The first-order valence-electron chi connectivity index (χ1n) is 6.41. The van der Waals surface area contributed by atoms with E-state index in [-0.39, 0.29) is 11.3 Å². The van der Waals surface area contributed by atoms with Crippen LogP contribution in [0, 0.1) is 0 Å². The number of aromatic hydroxyl groups is 1. The zero-order valence-corrected chi connectivity index (χ0v) is 13.0. The molecule has 3 rings (SSSR count). The molecule has 0 bridgehead atoms. The molecule has 0 unspecified atom stereocenters. The van der Waals surface area contributed by atoms with Crippen LogP contribution in [0.4, 0.5) is 0 Å². The van der Waals surface area contributed by atoms with Gasteiger partial charge in [0.25, 0.3) is 11.5 Å². The van der Waals surface area contributed by atoms with Gasteiger partial charge >= 0.3 is 0 Å². The Hall–Kier alpha value is -2.25. The molecule has 0 aliphatic carbocycles. The number of hydrogen-bond acceptors (Lipinski definition) is 5. The van der Waals surface area contributed by atoms with Crippen LogP contribution in [0.3, 0.4) is 0 Å². The van der Waals surface area contributed by atoms with Crippen molar-refractivity contribution in [3.63, 3.8) is 0 Å². The first kappa shape index (κ1) is 14.7. The Morgan fingerprint density at radius 2 is 2.05 bits per heavy atom. The van der Waals surface area contributed by atoms with Gasteiger partial charge in [-0.3, -0.25) is 9.59 Å². The van der Waals surface area contributed by atoms with Crippen molar-refractivity contribution in [3.8, 4) is 5.75 Å². The van der Waals surface area contributed by atoms with Gasteiger partial charge < -0.3 is 15.8 Å². The number of hydrogen-bond donors (Lipinski definition) is 3. The molecule has 0 saturated heterocycles. The van der Waals surface area contributed by atoms with Gasteiger partial charge in [0.05, 0.1) is 20.0 Å². The molecule has 0 aliphatic rings. The van der Waals surface area contributed by atoms with E-state index in [0.717, 1.165) is 11.6 Å². The zero-order valence-electron chi connectivity index (χ0n) is 11.3. The van der Waals surface area contributed by atoms with Gasteiger partial charge in [0.15, 0.2) is 0 Å². The number of carbonyl (C=O) groups is 1. The summed E-state index contributed by atoms with van der Waals surface area (Å²) in [4.78, 5) is 25.8. The number of primary amides is 1. The van der Waals surface area contributed by atoms with E-state index in [2.05, 4.69) is 4.98 Å². The van der Waals surface area contributed by atoms with Crippen LogP contribution in [-0.4, -0.2) is 16.0 Å². The Morgan fingerprint density at radius 1 is 1.32 bits per heavy atom. The predicted molar refractivity (Wildman–Crippen MR) is 88.6 cm³/mol. The standard InChI is InChI=1S/C15H12N2O3S2/c16-14(20)11-12-13(9(18)6-10(19)17-12)22-15(11)21-7-8-4-2-1-3-5-8/h1-6H,7H2,(H2,16,20)(H2,17,18,19). The molecule has 2 aromatic heterocycles. The Labute approximate surface area is 133 Å². The Kier molecular flexibility index (Phi) is 3.91. The van der Waals surface area contributed by atoms with Crippen molar-refractivity contribution in [1.29, 1.82) is 0 Å². The van der Waals surface area contributed by atoms with Crippen LogP contribution in [0.2, 0.25) is 0 Å². The topological polar surface area (TPSA) is 96.2 Å². The molecule has 3 aromatic rings. The molecule has 2 heterocycles. The van der Waals surface area contributed by atoms with Crippen LogP contribution in [0.1, 0.15) is 15.9 Å². The van der Waals surface area contributed by atoms with E-state index < -0.39 is 11.5 Å². The quantitative estimate of drug-likeness (QED) is 0.640. The number of amides is 1. The Balaban J connectivity index is 2.05. The summed E-state index contributed by atoms with van der Waals surface area (Å²) in [6.45, 7) is 0. The molecule has 7 heteroatoms. The van der Waals surface area contributed by atoms with Gasteiger partial charge in [-0.05, 0) is 5.56 Å². The lowest BCUT2D eigenvalue weighted by atomic mass is 10.2. The van der Waals surface area contributed by atoms with E-state index in [1.165, 1.54) is 23.1 Å². The molecule has 0 fully saturated rings. The molecule has 0 radical (unpaired) electrons. The maximum atomic E-state index is 11.7. The van der Waals surface area contributed by atoms with Gasteiger partial charge in [-0.25, -0.2) is 0 Å². The molecule has 22 heavy (non-hydrogen) atoms. The van der Waals surface area contributed by atoms with Crippen LogP contribution in [0.15, 0.2) is 45.4 Å². The van der Waals surface area contributed by atoms with Gasteiger partial charge in [0.1, 0.15) is 5.75 Å². The van der Waals surface area contributed by atoms with Crippen LogP contribution < -0.4 is 11.3 Å². The molecule has 0 atom stereocenters. The molecule has 0 spiro atoms. The smallest absolute Gasteiger partial charge is 0.252 e. The molecular weight excluding hydrogens is 320 g/mol. The average Bonchev–Trinajstić information content (AvgIpc) is 2.85. The van der Waals surface area contributed by atoms with Crippen molar-refractivity contribution in [3.05, 3.63) is 57.9 Å². The number of rotatable bonds is 4. The monoisotopic (exact) mass is 332 g/mol. The first-order valence-corrected chi connectivity index (χ1v) is 8.22. The van der Waals surface area contributed by atoms with Crippen molar-refractivity contribution < 1.29 is 9.90 Å². The third-order valence-corrected chi connectivity index (χ3v) is 5.64. The van der Waals surface area contributed by atoms with Gasteiger partial charge in [-0.1, -0.05) is 30.3 Å². The fourth-order valence-corrected chi connectivity index (χ4v) is 4.52. The largest absolute Gasteiger partial charge is 0.506 e. The second kappa shape index (κ2) is 5.86. The second-order valence-corrected chi connectivity index (χ2v) is 6.89. The fraction of sp³-hybridized carbons (Fsp3) is 0.0667. The summed E-state index contributed by atoms with van der Waals surface area (Å²) in [6.07, 6.45) is 0. The molecule has 5 nitrogen and oxygen atoms in total. The van der Waals surface area contributed by atoms with Crippen LogP contribution in [0.5, 0.6) is 5.75 Å². The average molecular weight is 332 g/mol. The van der Waals surface area contributed by atoms with Gasteiger partial charge in [0, 0.05) is 11.8 Å². The van der Waals surface area contributed by atoms with Crippen molar-refractivity contribution in [2.75, 3.05) is 0 Å². The lowest BCUT2D eigenvalue weighted by Gasteiger charge is -2.01. The van der Waals surface area contributed by atoms with E-state index in [1.54, 1.807) is 0 Å². The fourth-order valence-electron chi connectivity index (χ4n) is 2.11. The number of nitrogens with two attached hydrogens (primary N) is 1. The van der Waals surface area contributed by atoms with Crippen LogP contribution in [-0.2, 0) is 5.75 Å². The molecule has 112 valence electrons. The van der Waals surface area contributed by atoms with Crippen molar-refractivity contribution >= 4 is 39.2 Å². The van der Waals surface area contributed by atoms with E-state index in [0.29, 0.717) is 20.2 Å². The minimum Gasteiger partial charge on any atom is -0.506 e. The molecule has 4 N–H and O–H groups in total. The number of nitrogens with one attached hydrogen (secondary N) is 1. The van der Waals surface area contributed by atoms with Crippen molar-refractivity contribution in [2.45, 2.75) is 9.96 Å². The number of fused-ring (bicyclic) bond motifs is 1. The molecular formula is C15H12N2O3S2. The van der Waals surface area contributed by atoms with E-state index in [1.807, 2.05) is 30.3 Å². The number of thioether (sulfide) groups is 1. The van der Waals surface area contributed by atoms with Gasteiger partial charge in [0.2, 0.25) is 0 Å². The number of pyridine rings is 1. The highest BCUT2D eigenvalue weighted by Gasteiger charge is 2.20. The summed E-state index contributed by atoms with van der Waals surface area (Å²) in [7, 11) is 0. The summed E-state index contributed by atoms with van der Waals surface area (Å²) in [5, 5.41) is 9.89. The normalized spacial score (nSPS) is 10.9. The van der Waals surface area contributed by atoms with Crippen molar-refractivity contribution in [2.24, 2.45) is 5.73 Å².